The second kappa shape index (κ2) is 6.68. The van der Waals surface area contributed by atoms with Crippen LogP contribution in [0.5, 0.6) is 0 Å². The maximum absolute atomic E-state index is 12.9. The number of hydrogen-bond acceptors (Lipinski definition) is 3. The van der Waals surface area contributed by atoms with Gasteiger partial charge in [0.2, 0.25) is 10.0 Å². The van der Waals surface area contributed by atoms with Crippen LogP contribution in [0, 0.1) is 11.7 Å². The Balaban J connectivity index is 1.58. The van der Waals surface area contributed by atoms with Crippen LogP contribution in [0.3, 0.4) is 0 Å². The van der Waals surface area contributed by atoms with Crippen molar-refractivity contribution in [3.05, 3.63) is 60.4 Å². The number of benzene rings is 2. The van der Waals surface area contributed by atoms with E-state index in [1.807, 2.05) is 18.2 Å². The molecule has 0 amide bonds. The van der Waals surface area contributed by atoms with E-state index in [4.69, 9.17) is 0 Å². The molecule has 1 heterocycles. The lowest BCUT2D eigenvalue weighted by molar-refractivity contribution is 0.541. The topological polar surface area (TPSA) is 49.4 Å². The first-order chi connectivity index (χ1) is 11.0. The van der Waals surface area contributed by atoms with E-state index in [-0.39, 0.29) is 10.8 Å². The Hall–Kier alpha value is -1.92. The molecule has 1 aliphatic rings. The number of hydrogen-bond donors (Lipinski definition) is 1. The third-order valence-electron chi connectivity index (χ3n) is 4.09. The van der Waals surface area contributed by atoms with Gasteiger partial charge in [0.05, 0.1) is 4.90 Å². The normalized spacial score (nSPS) is 18.3. The van der Waals surface area contributed by atoms with Gasteiger partial charge in [0.1, 0.15) is 5.82 Å². The van der Waals surface area contributed by atoms with Crippen molar-refractivity contribution in [1.82, 2.24) is 4.72 Å². The summed E-state index contributed by atoms with van der Waals surface area (Å²) in [5.41, 5.74) is 1.16. The monoisotopic (exact) mass is 334 g/mol. The minimum atomic E-state index is -3.58. The van der Waals surface area contributed by atoms with Crippen LogP contribution in [0.1, 0.15) is 6.42 Å². The van der Waals surface area contributed by atoms with Gasteiger partial charge in [0.15, 0.2) is 0 Å². The van der Waals surface area contributed by atoms with Crippen LogP contribution < -0.4 is 9.62 Å². The number of rotatable bonds is 5. The lowest BCUT2D eigenvalue weighted by atomic mass is 10.1. The highest BCUT2D eigenvalue weighted by molar-refractivity contribution is 7.89. The maximum atomic E-state index is 12.9. The Bertz CT molecular complexity index is 748. The van der Waals surface area contributed by atoms with Gasteiger partial charge in [-0.25, -0.2) is 17.5 Å². The molecule has 6 heteroatoms. The highest BCUT2D eigenvalue weighted by Gasteiger charge is 2.24. The van der Waals surface area contributed by atoms with Crippen LogP contribution >= 0.6 is 0 Å². The molecule has 1 aliphatic heterocycles. The van der Waals surface area contributed by atoms with Gasteiger partial charge in [0.25, 0.3) is 0 Å². The summed E-state index contributed by atoms with van der Waals surface area (Å²) in [6.07, 6.45) is 0.945. The van der Waals surface area contributed by atoms with E-state index < -0.39 is 15.8 Å². The molecule has 0 spiro atoms. The number of sulfonamides is 1. The largest absolute Gasteiger partial charge is 0.371 e. The molecule has 122 valence electrons. The molecule has 2 aromatic rings. The number of para-hydroxylation sites is 1. The fourth-order valence-electron chi connectivity index (χ4n) is 2.80. The zero-order valence-corrected chi connectivity index (χ0v) is 13.5. The number of nitrogens with one attached hydrogen (secondary N) is 1. The molecular formula is C17H19FN2O2S. The molecule has 2 aromatic carbocycles. The first-order valence-electron chi connectivity index (χ1n) is 7.60. The first-order valence-corrected chi connectivity index (χ1v) is 9.08. The van der Waals surface area contributed by atoms with Crippen molar-refractivity contribution < 1.29 is 12.8 Å². The van der Waals surface area contributed by atoms with Crippen LogP contribution in [-0.4, -0.2) is 28.1 Å². The Labute approximate surface area is 136 Å². The zero-order chi connectivity index (χ0) is 16.3. The Morgan fingerprint density at radius 1 is 1.09 bits per heavy atom. The van der Waals surface area contributed by atoms with Gasteiger partial charge in [-0.15, -0.1) is 0 Å². The van der Waals surface area contributed by atoms with Crippen LogP contribution in [0.25, 0.3) is 0 Å². The molecule has 0 bridgehead atoms. The Kier molecular flexibility index (Phi) is 4.63. The van der Waals surface area contributed by atoms with Crippen LogP contribution in [-0.2, 0) is 10.0 Å². The van der Waals surface area contributed by atoms with E-state index in [9.17, 15) is 12.8 Å². The van der Waals surface area contributed by atoms with E-state index in [1.54, 1.807) is 0 Å². The molecule has 0 radical (unpaired) electrons. The third-order valence-corrected chi connectivity index (χ3v) is 5.53. The first kappa shape index (κ1) is 16.0. The average Bonchev–Trinajstić information content (AvgIpc) is 3.03. The van der Waals surface area contributed by atoms with Crippen LogP contribution in [0.4, 0.5) is 10.1 Å². The molecule has 4 nitrogen and oxygen atoms in total. The summed E-state index contributed by atoms with van der Waals surface area (Å²) in [5.74, 6) is -0.177. The zero-order valence-electron chi connectivity index (χ0n) is 12.7. The highest BCUT2D eigenvalue weighted by Crippen LogP contribution is 2.23. The molecule has 1 saturated heterocycles. The lowest BCUT2D eigenvalue weighted by Crippen LogP contribution is -2.31. The minimum Gasteiger partial charge on any atom is -0.371 e. The van der Waals surface area contributed by atoms with Crippen LogP contribution in [0.2, 0.25) is 0 Å². The number of nitrogens with zero attached hydrogens (tertiary/aromatic N) is 1. The standard InChI is InChI=1S/C17H19FN2O2S/c18-15-6-8-17(9-7-15)23(21,22)19-12-14-10-11-20(13-14)16-4-2-1-3-5-16/h1-9,14,19H,10-13H2. The summed E-state index contributed by atoms with van der Waals surface area (Å²) in [5, 5.41) is 0. The summed E-state index contributed by atoms with van der Waals surface area (Å²) >= 11 is 0. The molecule has 0 saturated carbocycles. The van der Waals surface area contributed by atoms with Crippen molar-refractivity contribution in [2.24, 2.45) is 5.92 Å². The van der Waals surface area contributed by atoms with Crippen molar-refractivity contribution in [3.8, 4) is 0 Å². The van der Waals surface area contributed by atoms with Crippen LogP contribution in [0.15, 0.2) is 59.5 Å². The Morgan fingerprint density at radius 3 is 2.48 bits per heavy atom. The van der Waals surface area contributed by atoms with Gasteiger partial charge >= 0.3 is 0 Å². The van der Waals surface area contributed by atoms with Gasteiger partial charge < -0.3 is 4.90 Å². The van der Waals surface area contributed by atoms with E-state index in [2.05, 4.69) is 21.8 Å². The summed E-state index contributed by atoms with van der Waals surface area (Å²) in [6.45, 7) is 2.14. The second-order valence-corrected chi connectivity index (χ2v) is 7.51. The predicted octanol–water partition coefficient (Wildman–Crippen LogP) is 2.63. The maximum Gasteiger partial charge on any atom is 0.240 e. The quantitative estimate of drug-likeness (QED) is 0.914. The summed E-state index contributed by atoms with van der Waals surface area (Å²) in [7, 11) is -3.58. The summed E-state index contributed by atoms with van der Waals surface area (Å²) < 4.78 is 39.9. The average molecular weight is 334 g/mol. The Morgan fingerprint density at radius 2 is 1.78 bits per heavy atom. The second-order valence-electron chi connectivity index (χ2n) is 5.74. The van der Waals surface area contributed by atoms with E-state index in [1.165, 1.54) is 12.1 Å². The molecule has 23 heavy (non-hydrogen) atoms. The highest BCUT2D eigenvalue weighted by atomic mass is 32.2. The van der Waals surface area contributed by atoms with Crippen molar-refractivity contribution in [2.75, 3.05) is 24.5 Å². The summed E-state index contributed by atoms with van der Waals surface area (Å²) in [4.78, 5) is 2.36. The molecular weight excluding hydrogens is 315 g/mol. The molecule has 1 fully saturated rings. The van der Waals surface area contributed by atoms with Crippen molar-refractivity contribution >= 4 is 15.7 Å². The van der Waals surface area contributed by atoms with E-state index >= 15 is 0 Å². The van der Waals surface area contributed by atoms with Crippen molar-refractivity contribution in [3.63, 3.8) is 0 Å². The lowest BCUT2D eigenvalue weighted by Gasteiger charge is -2.18. The predicted molar refractivity (Wildman–Crippen MR) is 88.4 cm³/mol. The number of anilines is 1. The van der Waals surface area contributed by atoms with Gasteiger partial charge in [-0.2, -0.15) is 0 Å². The van der Waals surface area contributed by atoms with Gasteiger partial charge in [-0.1, -0.05) is 18.2 Å². The molecule has 0 aliphatic carbocycles. The smallest absolute Gasteiger partial charge is 0.240 e. The molecule has 3 rings (SSSR count). The van der Waals surface area contributed by atoms with Crippen molar-refractivity contribution in [1.29, 1.82) is 0 Å². The van der Waals surface area contributed by atoms with E-state index in [0.29, 0.717) is 6.54 Å². The van der Waals surface area contributed by atoms with Gasteiger partial charge in [-0.3, -0.25) is 0 Å². The molecule has 1 N–H and O–H groups in total. The van der Waals surface area contributed by atoms with Gasteiger partial charge in [0, 0.05) is 25.3 Å². The molecule has 1 atom stereocenters. The minimum absolute atomic E-state index is 0.0943. The molecule has 1 unspecified atom stereocenters. The van der Waals surface area contributed by atoms with Crippen molar-refractivity contribution in [2.45, 2.75) is 11.3 Å². The fourth-order valence-corrected chi connectivity index (χ4v) is 3.91. The number of halogens is 1. The fraction of sp³-hybridized carbons (Fsp3) is 0.294. The SMILES string of the molecule is O=S(=O)(NCC1CCN(c2ccccc2)C1)c1ccc(F)cc1. The molecule has 0 aromatic heterocycles. The van der Waals surface area contributed by atoms with E-state index in [0.717, 1.165) is 37.3 Å². The van der Waals surface area contributed by atoms with Gasteiger partial charge in [-0.05, 0) is 48.7 Å². The third kappa shape index (κ3) is 3.89. The summed E-state index contributed by atoms with van der Waals surface area (Å²) in [6, 6.07) is 15.0.